The molecule has 1 atom stereocenters. The van der Waals surface area contributed by atoms with Gasteiger partial charge in [0, 0.05) is 18.4 Å². The molecule has 35 heavy (non-hydrogen) atoms. The number of rotatable bonds is 8. The van der Waals surface area contributed by atoms with Gasteiger partial charge < -0.3 is 20.5 Å². The fourth-order valence-electron chi connectivity index (χ4n) is 4.53. The van der Waals surface area contributed by atoms with Crippen LogP contribution in [-0.4, -0.2) is 35.7 Å². The predicted molar refractivity (Wildman–Crippen MR) is 134 cm³/mol. The Balaban J connectivity index is 1.27. The quantitative estimate of drug-likeness (QED) is 0.411. The Hall–Kier alpha value is -4.13. The van der Waals surface area contributed by atoms with Crippen LogP contribution in [-0.2, 0) is 9.53 Å². The number of anilines is 1. The van der Waals surface area contributed by atoms with E-state index in [1.165, 1.54) is 0 Å². The van der Waals surface area contributed by atoms with Crippen LogP contribution < -0.4 is 10.6 Å². The van der Waals surface area contributed by atoms with E-state index in [2.05, 4.69) is 34.9 Å². The number of nitrogens with one attached hydrogen (secondary N) is 2. The van der Waals surface area contributed by atoms with Crippen LogP contribution in [0.15, 0.2) is 66.7 Å². The van der Waals surface area contributed by atoms with E-state index >= 15 is 0 Å². The minimum Gasteiger partial charge on any atom is -0.478 e. The highest BCUT2D eigenvalue weighted by Gasteiger charge is 2.29. The van der Waals surface area contributed by atoms with E-state index in [1.54, 1.807) is 32.0 Å². The molecule has 0 saturated heterocycles. The van der Waals surface area contributed by atoms with Crippen molar-refractivity contribution >= 4 is 23.7 Å². The Kier molecular flexibility index (Phi) is 7.15. The molecule has 1 unspecified atom stereocenters. The van der Waals surface area contributed by atoms with Crippen LogP contribution in [0.25, 0.3) is 11.1 Å². The first kappa shape index (κ1) is 24.0. The lowest BCUT2D eigenvalue weighted by Crippen LogP contribution is -2.34. The van der Waals surface area contributed by atoms with Gasteiger partial charge in [-0.3, -0.25) is 4.79 Å². The molecule has 7 heteroatoms. The van der Waals surface area contributed by atoms with Gasteiger partial charge in [-0.15, -0.1) is 0 Å². The van der Waals surface area contributed by atoms with Crippen molar-refractivity contribution in [2.75, 3.05) is 11.9 Å². The second-order valence-corrected chi connectivity index (χ2v) is 8.76. The lowest BCUT2D eigenvalue weighted by Gasteiger charge is -2.17. The van der Waals surface area contributed by atoms with Gasteiger partial charge in [-0.1, -0.05) is 60.7 Å². The standard InChI is InChI=1S/C28H28N2O5/c1-17-8-7-13-24(26(17)27(32)33)30-25(31)15-14-18(2)29-28(34)35-16-23-21-11-5-3-9-19(21)20-10-4-6-12-22(20)23/h3-13,18,23H,14-16H2,1-2H3,(H,29,34)(H,30,31)(H,32,33). The van der Waals surface area contributed by atoms with Crippen LogP contribution in [0.5, 0.6) is 0 Å². The molecule has 0 saturated carbocycles. The molecule has 3 aromatic rings. The second-order valence-electron chi connectivity index (χ2n) is 8.76. The fraction of sp³-hybridized carbons (Fsp3) is 0.250. The Bertz CT molecular complexity index is 1220. The molecule has 3 aromatic carbocycles. The van der Waals surface area contributed by atoms with Gasteiger partial charge in [-0.25, -0.2) is 9.59 Å². The lowest BCUT2D eigenvalue weighted by atomic mass is 9.98. The number of carbonyl (C=O) groups excluding carboxylic acids is 2. The van der Waals surface area contributed by atoms with Crippen LogP contribution in [0.1, 0.15) is 52.7 Å². The van der Waals surface area contributed by atoms with Crippen molar-refractivity contribution in [3.8, 4) is 11.1 Å². The maximum Gasteiger partial charge on any atom is 0.407 e. The number of carboxylic acids is 1. The zero-order valence-corrected chi connectivity index (χ0v) is 19.7. The SMILES string of the molecule is Cc1cccc(NC(=O)CCC(C)NC(=O)OCC2c3ccccc3-c3ccccc32)c1C(=O)O. The molecule has 180 valence electrons. The van der Waals surface area contributed by atoms with Crippen molar-refractivity contribution in [2.45, 2.75) is 38.6 Å². The van der Waals surface area contributed by atoms with Crippen LogP contribution in [0, 0.1) is 6.92 Å². The van der Waals surface area contributed by atoms with Gasteiger partial charge in [0.15, 0.2) is 0 Å². The number of amides is 2. The lowest BCUT2D eigenvalue weighted by molar-refractivity contribution is -0.116. The van der Waals surface area contributed by atoms with E-state index in [4.69, 9.17) is 4.74 Å². The monoisotopic (exact) mass is 472 g/mol. The first-order chi connectivity index (χ1) is 16.8. The summed E-state index contributed by atoms with van der Waals surface area (Å²) < 4.78 is 5.55. The maximum absolute atomic E-state index is 12.4. The van der Waals surface area contributed by atoms with Crippen molar-refractivity contribution in [3.05, 3.63) is 89.0 Å². The Morgan fingerprint density at radius 2 is 1.57 bits per heavy atom. The highest BCUT2D eigenvalue weighted by molar-refractivity contribution is 6.01. The molecule has 0 bridgehead atoms. The smallest absolute Gasteiger partial charge is 0.407 e. The Morgan fingerprint density at radius 3 is 2.20 bits per heavy atom. The van der Waals surface area contributed by atoms with Gasteiger partial charge in [0.25, 0.3) is 0 Å². The Morgan fingerprint density at radius 1 is 0.943 bits per heavy atom. The number of benzene rings is 3. The summed E-state index contributed by atoms with van der Waals surface area (Å²) in [4.78, 5) is 36.3. The highest BCUT2D eigenvalue weighted by Crippen LogP contribution is 2.44. The van der Waals surface area contributed by atoms with Crippen LogP contribution in [0.2, 0.25) is 0 Å². The largest absolute Gasteiger partial charge is 0.478 e. The van der Waals surface area contributed by atoms with Gasteiger partial charge in [0.2, 0.25) is 5.91 Å². The van der Waals surface area contributed by atoms with Gasteiger partial charge in [-0.2, -0.15) is 0 Å². The molecule has 1 aliphatic carbocycles. The molecule has 0 heterocycles. The molecular formula is C28H28N2O5. The topological polar surface area (TPSA) is 105 Å². The van der Waals surface area contributed by atoms with Gasteiger partial charge in [0.05, 0.1) is 11.3 Å². The van der Waals surface area contributed by atoms with E-state index in [0.717, 1.165) is 22.3 Å². The molecule has 2 amide bonds. The molecule has 7 nitrogen and oxygen atoms in total. The summed E-state index contributed by atoms with van der Waals surface area (Å²) in [6.07, 6.45) is -0.0335. The number of carbonyl (C=O) groups is 3. The average Bonchev–Trinajstić information content (AvgIpc) is 3.15. The van der Waals surface area contributed by atoms with Crippen molar-refractivity contribution < 1.29 is 24.2 Å². The number of aromatic carboxylic acids is 1. The van der Waals surface area contributed by atoms with Gasteiger partial charge in [0.1, 0.15) is 6.61 Å². The fourth-order valence-corrected chi connectivity index (χ4v) is 4.53. The third-order valence-electron chi connectivity index (χ3n) is 6.27. The van der Waals surface area contributed by atoms with E-state index in [-0.39, 0.29) is 42.1 Å². The zero-order valence-electron chi connectivity index (χ0n) is 19.7. The van der Waals surface area contributed by atoms with Crippen molar-refractivity contribution in [2.24, 2.45) is 0 Å². The minimum absolute atomic E-state index is 0.0213. The van der Waals surface area contributed by atoms with E-state index in [0.29, 0.717) is 12.0 Å². The number of hydrogen-bond donors (Lipinski definition) is 3. The van der Waals surface area contributed by atoms with Crippen molar-refractivity contribution in [3.63, 3.8) is 0 Å². The number of aryl methyl sites for hydroxylation is 1. The molecular weight excluding hydrogens is 444 g/mol. The van der Waals surface area contributed by atoms with E-state index < -0.39 is 12.1 Å². The third kappa shape index (κ3) is 5.35. The number of hydrogen-bond acceptors (Lipinski definition) is 4. The molecule has 0 spiro atoms. The summed E-state index contributed by atoms with van der Waals surface area (Å²) in [5.41, 5.74) is 5.52. The summed E-state index contributed by atoms with van der Waals surface area (Å²) in [6, 6.07) is 20.9. The van der Waals surface area contributed by atoms with Gasteiger partial charge in [-0.05, 0) is 54.2 Å². The summed E-state index contributed by atoms with van der Waals surface area (Å²) in [6.45, 7) is 3.70. The van der Waals surface area contributed by atoms with E-state index in [9.17, 15) is 19.5 Å². The van der Waals surface area contributed by atoms with Crippen LogP contribution in [0.3, 0.4) is 0 Å². The minimum atomic E-state index is -1.09. The van der Waals surface area contributed by atoms with Crippen molar-refractivity contribution in [1.29, 1.82) is 0 Å². The normalized spacial score (nSPS) is 12.9. The molecule has 4 rings (SSSR count). The second kappa shape index (κ2) is 10.4. The summed E-state index contributed by atoms with van der Waals surface area (Å²) >= 11 is 0. The molecule has 0 radical (unpaired) electrons. The van der Waals surface area contributed by atoms with Crippen LogP contribution in [0.4, 0.5) is 10.5 Å². The Labute approximate surface area is 204 Å². The molecule has 3 N–H and O–H groups in total. The van der Waals surface area contributed by atoms with Crippen LogP contribution >= 0.6 is 0 Å². The van der Waals surface area contributed by atoms with Crippen molar-refractivity contribution in [1.82, 2.24) is 5.32 Å². The molecule has 0 fully saturated rings. The summed E-state index contributed by atoms with van der Waals surface area (Å²) in [7, 11) is 0. The molecule has 0 aliphatic heterocycles. The first-order valence-corrected chi connectivity index (χ1v) is 11.6. The number of alkyl carbamates (subject to hydrolysis) is 1. The maximum atomic E-state index is 12.4. The first-order valence-electron chi connectivity index (χ1n) is 11.6. The predicted octanol–water partition coefficient (Wildman–Crippen LogP) is 5.34. The summed E-state index contributed by atoms with van der Waals surface area (Å²) in [5.74, 6) is -1.44. The molecule has 0 aromatic heterocycles. The number of fused-ring (bicyclic) bond motifs is 3. The number of ether oxygens (including phenoxy) is 1. The third-order valence-corrected chi connectivity index (χ3v) is 6.27. The van der Waals surface area contributed by atoms with Gasteiger partial charge >= 0.3 is 12.1 Å². The highest BCUT2D eigenvalue weighted by atomic mass is 16.5. The molecule has 1 aliphatic rings. The zero-order chi connectivity index (χ0) is 24.9. The average molecular weight is 473 g/mol. The van der Waals surface area contributed by atoms with E-state index in [1.807, 2.05) is 24.3 Å². The summed E-state index contributed by atoms with van der Waals surface area (Å²) in [5, 5.41) is 14.8. The number of carboxylic acid groups (broad SMARTS) is 1.